The van der Waals surface area contributed by atoms with Crippen LogP contribution < -0.4 is 5.46 Å². The van der Waals surface area contributed by atoms with Crippen LogP contribution in [-0.2, 0) is 9.31 Å². The fourth-order valence-corrected chi connectivity index (χ4v) is 1.72. The van der Waals surface area contributed by atoms with E-state index in [9.17, 15) is 0 Å². The summed E-state index contributed by atoms with van der Waals surface area (Å²) in [6, 6.07) is 0. The predicted octanol–water partition coefficient (Wildman–Crippen LogP) is -0.158. The van der Waals surface area contributed by atoms with Crippen LogP contribution in [-0.4, -0.2) is 47.7 Å². The zero-order valence-corrected chi connectivity index (χ0v) is 11.3. The second-order valence-corrected chi connectivity index (χ2v) is 5.59. The highest BCUT2D eigenvalue weighted by molar-refractivity contribution is 6.62. The van der Waals surface area contributed by atoms with E-state index in [1.165, 1.54) is 4.68 Å². The van der Waals surface area contributed by atoms with Crippen LogP contribution in [0.1, 0.15) is 33.6 Å². The van der Waals surface area contributed by atoms with Crippen molar-refractivity contribution in [2.45, 2.75) is 44.8 Å². The van der Waals surface area contributed by atoms with Crippen molar-refractivity contribution in [1.82, 2.24) is 9.78 Å². The Morgan fingerprint density at radius 2 is 1.94 bits per heavy atom. The zero-order chi connectivity index (χ0) is 13.6. The lowest BCUT2D eigenvalue weighted by atomic mass is 9.82. The molecule has 7 heteroatoms. The zero-order valence-electron chi connectivity index (χ0n) is 11.3. The molecule has 1 unspecified atom stereocenters. The van der Waals surface area contributed by atoms with Gasteiger partial charge in [-0.15, -0.1) is 0 Å². The van der Waals surface area contributed by atoms with E-state index >= 15 is 0 Å². The first-order valence-corrected chi connectivity index (χ1v) is 6.03. The molecule has 18 heavy (non-hydrogen) atoms. The standard InChI is InChI=1S/C11H18B2N2O3/c1-10(2)11(3,4)18-13(17-10)8-5-14-15(6-8)9(12)7-16/h5-6,9,16H,7H2,1-4H3. The molecule has 1 N–H and O–H groups in total. The SMILES string of the molecule is [B]C(CO)n1cc(B2OC(C)(C)C(C)(C)O2)cn1. The van der Waals surface area contributed by atoms with Crippen LogP contribution in [0.15, 0.2) is 12.4 Å². The van der Waals surface area contributed by atoms with E-state index in [0.29, 0.717) is 0 Å². The fourth-order valence-electron chi connectivity index (χ4n) is 1.72. The van der Waals surface area contributed by atoms with Crippen LogP contribution in [0.25, 0.3) is 0 Å². The molecule has 5 nitrogen and oxygen atoms in total. The van der Waals surface area contributed by atoms with Crippen LogP contribution in [0.3, 0.4) is 0 Å². The first-order valence-electron chi connectivity index (χ1n) is 6.03. The van der Waals surface area contributed by atoms with Crippen molar-refractivity contribution in [3.63, 3.8) is 0 Å². The first kappa shape index (κ1) is 13.6. The first-order chi connectivity index (χ1) is 8.27. The molecule has 0 aromatic carbocycles. The maximum Gasteiger partial charge on any atom is 0.498 e. The average Bonchev–Trinajstić information content (AvgIpc) is 2.82. The number of rotatable bonds is 3. The van der Waals surface area contributed by atoms with Crippen molar-refractivity contribution in [3.05, 3.63) is 12.4 Å². The molecule has 1 aliphatic rings. The van der Waals surface area contributed by atoms with Crippen molar-refractivity contribution in [3.8, 4) is 0 Å². The summed E-state index contributed by atoms with van der Waals surface area (Å²) in [6.07, 6.45) is 3.39. The maximum absolute atomic E-state index is 8.98. The molecule has 1 aromatic heterocycles. The molecule has 96 valence electrons. The molecule has 2 rings (SSSR count). The molecule has 0 aliphatic carbocycles. The van der Waals surface area contributed by atoms with Gasteiger partial charge in [-0.1, -0.05) is 0 Å². The van der Waals surface area contributed by atoms with Crippen LogP contribution in [0.5, 0.6) is 0 Å². The normalized spacial score (nSPS) is 23.3. The van der Waals surface area contributed by atoms with E-state index in [1.54, 1.807) is 12.4 Å². The van der Waals surface area contributed by atoms with Gasteiger partial charge < -0.3 is 14.4 Å². The molecule has 1 fully saturated rings. The third kappa shape index (κ3) is 2.22. The van der Waals surface area contributed by atoms with E-state index in [1.807, 2.05) is 27.7 Å². The molecule has 1 aromatic rings. The molecule has 1 aliphatic heterocycles. The lowest BCUT2D eigenvalue weighted by molar-refractivity contribution is 0.00578. The Morgan fingerprint density at radius 1 is 1.39 bits per heavy atom. The lowest BCUT2D eigenvalue weighted by Crippen LogP contribution is -2.41. The van der Waals surface area contributed by atoms with Crippen LogP contribution in [0.4, 0.5) is 0 Å². The van der Waals surface area contributed by atoms with Gasteiger partial charge in [-0.3, -0.25) is 4.68 Å². The van der Waals surface area contributed by atoms with Gasteiger partial charge in [-0.05, 0) is 27.7 Å². The third-order valence-electron chi connectivity index (χ3n) is 3.67. The summed E-state index contributed by atoms with van der Waals surface area (Å²) < 4.78 is 13.3. The van der Waals surface area contributed by atoms with Gasteiger partial charge >= 0.3 is 7.12 Å². The Hall–Kier alpha value is -0.780. The number of nitrogens with zero attached hydrogens (tertiary/aromatic N) is 2. The molecule has 2 radical (unpaired) electrons. The minimum Gasteiger partial charge on any atom is -0.399 e. The second kappa shape index (κ2) is 4.40. The molecule has 0 spiro atoms. The van der Waals surface area contributed by atoms with Gasteiger partial charge in [0.2, 0.25) is 0 Å². The van der Waals surface area contributed by atoms with Crippen molar-refractivity contribution in [2.75, 3.05) is 6.61 Å². The van der Waals surface area contributed by atoms with Gasteiger partial charge in [0.25, 0.3) is 0 Å². The topological polar surface area (TPSA) is 56.5 Å². The number of aliphatic hydroxyl groups is 1. The average molecular weight is 248 g/mol. The van der Waals surface area contributed by atoms with E-state index in [2.05, 4.69) is 5.10 Å². The molecule has 1 atom stereocenters. The monoisotopic (exact) mass is 248 g/mol. The summed E-state index contributed by atoms with van der Waals surface area (Å²) in [5.74, 6) is -0.541. The molecular weight excluding hydrogens is 230 g/mol. The third-order valence-corrected chi connectivity index (χ3v) is 3.67. The summed E-state index contributed by atoms with van der Waals surface area (Å²) >= 11 is 0. The van der Waals surface area contributed by atoms with Gasteiger partial charge in [0, 0.05) is 23.8 Å². The van der Waals surface area contributed by atoms with Crippen LogP contribution in [0, 0.1) is 0 Å². The Balaban J connectivity index is 2.17. The summed E-state index contributed by atoms with van der Waals surface area (Å²) in [6.45, 7) is 7.83. The van der Waals surface area contributed by atoms with E-state index in [-0.39, 0.29) is 17.8 Å². The lowest BCUT2D eigenvalue weighted by Gasteiger charge is -2.32. The van der Waals surface area contributed by atoms with Gasteiger partial charge in [-0.25, -0.2) is 0 Å². The molecule has 1 saturated heterocycles. The number of aromatic nitrogens is 2. The van der Waals surface area contributed by atoms with Gasteiger partial charge in [0.1, 0.15) is 7.85 Å². The molecule has 0 amide bonds. The van der Waals surface area contributed by atoms with Gasteiger partial charge in [0.05, 0.1) is 17.8 Å². The highest BCUT2D eigenvalue weighted by atomic mass is 16.7. The largest absolute Gasteiger partial charge is 0.498 e. The highest BCUT2D eigenvalue weighted by Gasteiger charge is 2.52. The number of hydrogen-bond donors (Lipinski definition) is 1. The second-order valence-electron chi connectivity index (χ2n) is 5.59. The van der Waals surface area contributed by atoms with E-state index < -0.39 is 13.1 Å². The predicted molar refractivity (Wildman–Crippen MR) is 69.8 cm³/mol. The van der Waals surface area contributed by atoms with Crippen molar-refractivity contribution in [2.24, 2.45) is 0 Å². The quantitative estimate of drug-likeness (QED) is 0.755. The molecule has 0 saturated carbocycles. The van der Waals surface area contributed by atoms with Crippen molar-refractivity contribution in [1.29, 1.82) is 0 Å². The highest BCUT2D eigenvalue weighted by Crippen LogP contribution is 2.36. The molecule has 0 bridgehead atoms. The summed E-state index contributed by atoms with van der Waals surface area (Å²) in [7, 11) is 5.23. The minimum atomic E-state index is -0.541. The summed E-state index contributed by atoms with van der Waals surface area (Å²) in [5.41, 5.74) is 0.0510. The maximum atomic E-state index is 8.98. The summed E-state index contributed by atoms with van der Waals surface area (Å²) in [4.78, 5) is 0. The molecule has 2 heterocycles. The summed E-state index contributed by atoms with van der Waals surface area (Å²) in [5, 5.41) is 13.1. The smallest absolute Gasteiger partial charge is 0.399 e. The van der Waals surface area contributed by atoms with E-state index in [0.717, 1.165) is 5.46 Å². The fraction of sp³-hybridized carbons (Fsp3) is 0.727. The van der Waals surface area contributed by atoms with Crippen LogP contribution in [0.2, 0.25) is 0 Å². The number of aliphatic hydroxyl groups excluding tert-OH is 1. The Labute approximate surface area is 109 Å². The molecular formula is C11H18B2N2O3. The van der Waals surface area contributed by atoms with E-state index in [4.69, 9.17) is 22.3 Å². The number of hydrogen-bond acceptors (Lipinski definition) is 4. The Morgan fingerprint density at radius 3 is 2.44 bits per heavy atom. The van der Waals surface area contributed by atoms with Crippen molar-refractivity contribution < 1.29 is 14.4 Å². The van der Waals surface area contributed by atoms with Crippen LogP contribution >= 0.6 is 0 Å². The van der Waals surface area contributed by atoms with Gasteiger partial charge in [0.15, 0.2) is 0 Å². The Kier molecular flexibility index (Phi) is 3.34. The Bertz CT molecular complexity index is 418. The van der Waals surface area contributed by atoms with Gasteiger partial charge in [-0.2, -0.15) is 5.10 Å². The minimum absolute atomic E-state index is 0.162. The van der Waals surface area contributed by atoms with Crippen molar-refractivity contribution >= 4 is 20.4 Å².